The number of aliphatic carboxylic acids is 1. The summed E-state index contributed by atoms with van der Waals surface area (Å²) < 4.78 is 17.4. The number of carboxylic acids is 1. The summed E-state index contributed by atoms with van der Waals surface area (Å²) in [7, 11) is 1.45. The number of carbonyl (C=O) groups excluding carboxylic acids is 1. The van der Waals surface area contributed by atoms with Crippen LogP contribution in [0.25, 0.3) is 0 Å². The Kier molecular flexibility index (Phi) is 5.26. The van der Waals surface area contributed by atoms with Gasteiger partial charge in [0.05, 0.1) is 0 Å². The molecule has 1 aromatic rings. The van der Waals surface area contributed by atoms with Gasteiger partial charge in [0.15, 0.2) is 0 Å². The van der Waals surface area contributed by atoms with E-state index in [0.717, 1.165) is 12.1 Å². The van der Waals surface area contributed by atoms with Crippen LogP contribution >= 0.6 is 0 Å². The van der Waals surface area contributed by atoms with E-state index in [4.69, 9.17) is 9.84 Å². The van der Waals surface area contributed by atoms with Crippen molar-refractivity contribution in [2.24, 2.45) is 0 Å². The number of benzene rings is 1. The van der Waals surface area contributed by atoms with E-state index in [9.17, 15) is 14.0 Å². The van der Waals surface area contributed by atoms with Crippen LogP contribution in [-0.2, 0) is 9.53 Å². The Labute approximate surface area is 104 Å². The molecule has 0 aromatic heterocycles. The number of carboxylic acid groups (broad SMARTS) is 1. The Morgan fingerprint density at radius 1 is 1.39 bits per heavy atom. The molecule has 1 unspecified atom stereocenters. The molecule has 0 aliphatic rings. The van der Waals surface area contributed by atoms with Crippen LogP contribution in [0.4, 0.5) is 4.39 Å². The summed E-state index contributed by atoms with van der Waals surface area (Å²) in [5.74, 6) is -2.15. The Balaban J connectivity index is 2.66. The van der Waals surface area contributed by atoms with E-state index in [1.165, 1.54) is 19.2 Å². The molecule has 2 N–H and O–H groups in total. The molecule has 0 saturated carbocycles. The minimum atomic E-state index is -1.14. The highest BCUT2D eigenvalue weighted by molar-refractivity contribution is 5.96. The lowest BCUT2D eigenvalue weighted by atomic mass is 10.1. The fraction of sp³-hybridized carbons (Fsp3) is 0.333. The highest BCUT2D eigenvalue weighted by Crippen LogP contribution is 2.04. The highest BCUT2D eigenvalue weighted by atomic mass is 19.1. The van der Waals surface area contributed by atoms with Crippen LogP contribution in [0.15, 0.2) is 24.3 Å². The standard InChI is InChI=1S/C12H14FNO4/c1-18-7-6-10(12(16)17)14-11(15)8-2-4-9(13)5-3-8/h2-5,10H,6-7H2,1H3,(H,14,15)(H,16,17). The van der Waals surface area contributed by atoms with E-state index in [2.05, 4.69) is 5.32 Å². The van der Waals surface area contributed by atoms with Crippen LogP contribution in [-0.4, -0.2) is 36.7 Å². The van der Waals surface area contributed by atoms with Gasteiger partial charge in [0, 0.05) is 25.7 Å². The number of nitrogens with one attached hydrogen (secondary N) is 1. The first-order valence-electron chi connectivity index (χ1n) is 5.32. The van der Waals surface area contributed by atoms with E-state index in [1.54, 1.807) is 0 Å². The van der Waals surface area contributed by atoms with Crippen molar-refractivity contribution in [3.63, 3.8) is 0 Å². The second kappa shape index (κ2) is 6.70. The lowest BCUT2D eigenvalue weighted by Gasteiger charge is -2.13. The summed E-state index contributed by atoms with van der Waals surface area (Å²) in [4.78, 5) is 22.6. The summed E-state index contributed by atoms with van der Waals surface area (Å²) >= 11 is 0. The summed E-state index contributed by atoms with van der Waals surface area (Å²) in [6.45, 7) is 0.223. The Bertz CT molecular complexity index is 419. The fourth-order valence-electron chi connectivity index (χ4n) is 1.34. The third-order valence-corrected chi connectivity index (χ3v) is 2.32. The first kappa shape index (κ1) is 14.1. The highest BCUT2D eigenvalue weighted by Gasteiger charge is 2.20. The zero-order valence-corrected chi connectivity index (χ0v) is 9.85. The molecule has 18 heavy (non-hydrogen) atoms. The predicted octanol–water partition coefficient (Wildman–Crippen LogP) is 1.05. The van der Waals surface area contributed by atoms with E-state index in [-0.39, 0.29) is 18.6 Å². The molecule has 1 atom stereocenters. The van der Waals surface area contributed by atoms with Gasteiger partial charge >= 0.3 is 5.97 Å². The van der Waals surface area contributed by atoms with Crippen LogP contribution in [0.3, 0.4) is 0 Å². The molecule has 0 saturated heterocycles. The van der Waals surface area contributed by atoms with Gasteiger partial charge in [-0.1, -0.05) is 0 Å². The Hall–Kier alpha value is -1.95. The zero-order chi connectivity index (χ0) is 13.5. The maximum absolute atomic E-state index is 12.7. The lowest BCUT2D eigenvalue weighted by molar-refractivity contribution is -0.139. The van der Waals surface area contributed by atoms with Crippen molar-refractivity contribution < 1.29 is 23.8 Å². The van der Waals surface area contributed by atoms with Gasteiger partial charge in [-0.15, -0.1) is 0 Å². The maximum Gasteiger partial charge on any atom is 0.326 e. The molecule has 1 rings (SSSR count). The number of ether oxygens (including phenoxy) is 1. The van der Waals surface area contributed by atoms with Crippen molar-refractivity contribution in [2.75, 3.05) is 13.7 Å². The number of amides is 1. The summed E-state index contributed by atoms with van der Waals surface area (Å²) in [6.07, 6.45) is 0.165. The zero-order valence-electron chi connectivity index (χ0n) is 9.85. The SMILES string of the molecule is COCCC(NC(=O)c1ccc(F)cc1)C(=O)O. The van der Waals surface area contributed by atoms with E-state index in [1.807, 2.05) is 0 Å². The second-order valence-electron chi connectivity index (χ2n) is 3.65. The molecule has 0 fully saturated rings. The molecule has 0 bridgehead atoms. The summed E-state index contributed by atoms with van der Waals surface area (Å²) in [5, 5.41) is 11.3. The molecule has 5 nitrogen and oxygen atoms in total. The largest absolute Gasteiger partial charge is 0.480 e. The monoisotopic (exact) mass is 255 g/mol. The van der Waals surface area contributed by atoms with Crippen molar-refractivity contribution >= 4 is 11.9 Å². The second-order valence-corrected chi connectivity index (χ2v) is 3.65. The summed E-state index contributed by atoms with van der Waals surface area (Å²) in [5.41, 5.74) is 0.208. The number of hydrogen-bond donors (Lipinski definition) is 2. The Morgan fingerprint density at radius 3 is 2.50 bits per heavy atom. The third kappa shape index (κ3) is 4.14. The molecular formula is C12H14FNO4. The molecular weight excluding hydrogens is 241 g/mol. The smallest absolute Gasteiger partial charge is 0.326 e. The molecule has 1 aromatic carbocycles. The molecule has 6 heteroatoms. The van der Waals surface area contributed by atoms with Crippen LogP contribution in [0.2, 0.25) is 0 Å². The van der Waals surface area contributed by atoms with Gasteiger partial charge in [0.25, 0.3) is 5.91 Å². The fourth-order valence-corrected chi connectivity index (χ4v) is 1.34. The minimum absolute atomic E-state index is 0.165. The van der Waals surface area contributed by atoms with Crippen molar-refractivity contribution in [3.05, 3.63) is 35.6 Å². The predicted molar refractivity (Wildman–Crippen MR) is 61.8 cm³/mol. The molecule has 0 aliphatic carbocycles. The van der Waals surface area contributed by atoms with Crippen LogP contribution < -0.4 is 5.32 Å². The van der Waals surface area contributed by atoms with Gasteiger partial charge in [0.1, 0.15) is 11.9 Å². The quantitative estimate of drug-likeness (QED) is 0.796. The van der Waals surface area contributed by atoms with Gasteiger partial charge in [-0.2, -0.15) is 0 Å². The van der Waals surface area contributed by atoms with Crippen LogP contribution in [0, 0.1) is 5.82 Å². The number of rotatable bonds is 6. The molecule has 0 radical (unpaired) electrons. The van der Waals surface area contributed by atoms with Crippen LogP contribution in [0.1, 0.15) is 16.8 Å². The molecule has 0 heterocycles. The third-order valence-electron chi connectivity index (χ3n) is 2.32. The molecule has 0 spiro atoms. The van der Waals surface area contributed by atoms with Crippen molar-refractivity contribution in [2.45, 2.75) is 12.5 Å². The van der Waals surface area contributed by atoms with E-state index in [0.29, 0.717) is 0 Å². The topological polar surface area (TPSA) is 75.6 Å². The number of hydrogen-bond acceptors (Lipinski definition) is 3. The van der Waals surface area contributed by atoms with Crippen molar-refractivity contribution in [1.82, 2.24) is 5.32 Å². The van der Waals surface area contributed by atoms with Gasteiger partial charge in [-0.05, 0) is 24.3 Å². The average molecular weight is 255 g/mol. The van der Waals surface area contributed by atoms with E-state index >= 15 is 0 Å². The summed E-state index contributed by atoms with van der Waals surface area (Å²) in [6, 6.07) is 3.84. The van der Waals surface area contributed by atoms with Gasteiger partial charge in [-0.25, -0.2) is 9.18 Å². The van der Waals surface area contributed by atoms with Gasteiger partial charge < -0.3 is 15.2 Å². The lowest BCUT2D eigenvalue weighted by Crippen LogP contribution is -2.41. The van der Waals surface area contributed by atoms with Gasteiger partial charge in [-0.3, -0.25) is 4.79 Å². The normalized spacial score (nSPS) is 11.9. The molecule has 1 amide bonds. The maximum atomic E-state index is 12.7. The first-order chi connectivity index (χ1) is 8.54. The minimum Gasteiger partial charge on any atom is -0.480 e. The number of carbonyl (C=O) groups is 2. The van der Waals surface area contributed by atoms with E-state index < -0.39 is 23.7 Å². The average Bonchev–Trinajstić information content (AvgIpc) is 2.34. The Morgan fingerprint density at radius 2 is 2.00 bits per heavy atom. The van der Waals surface area contributed by atoms with Crippen molar-refractivity contribution in [3.8, 4) is 0 Å². The van der Waals surface area contributed by atoms with Crippen molar-refractivity contribution in [1.29, 1.82) is 0 Å². The number of methoxy groups -OCH3 is 1. The molecule has 98 valence electrons. The molecule has 0 aliphatic heterocycles. The first-order valence-corrected chi connectivity index (χ1v) is 5.32. The number of halogens is 1. The van der Waals surface area contributed by atoms with Crippen LogP contribution in [0.5, 0.6) is 0 Å². The van der Waals surface area contributed by atoms with Gasteiger partial charge in [0.2, 0.25) is 0 Å².